The van der Waals surface area contributed by atoms with E-state index in [2.05, 4.69) is 10.3 Å². The van der Waals surface area contributed by atoms with E-state index < -0.39 is 0 Å². The second-order valence-corrected chi connectivity index (χ2v) is 6.13. The van der Waals surface area contributed by atoms with Crippen molar-refractivity contribution in [2.45, 2.75) is 9.79 Å². The summed E-state index contributed by atoms with van der Waals surface area (Å²) in [5.74, 6) is -0.0613. The topological polar surface area (TPSA) is 88.2 Å². The van der Waals surface area contributed by atoms with Crippen molar-refractivity contribution in [3.63, 3.8) is 0 Å². The molecule has 4 N–H and O–H groups in total. The summed E-state index contributed by atoms with van der Waals surface area (Å²) < 4.78 is 0. The van der Waals surface area contributed by atoms with E-state index in [4.69, 9.17) is 5.73 Å². The van der Waals surface area contributed by atoms with Crippen LogP contribution in [0.5, 0.6) is 5.75 Å². The number of hydrogen-bond acceptors (Lipinski definition) is 5. The Balaban J connectivity index is 1.72. The van der Waals surface area contributed by atoms with Crippen LogP contribution in [0, 0.1) is 0 Å². The SMILES string of the molecule is Nc1cc(NC(=O)c2ccccn2)ccc1Sc1ccc(O)cc1. The Morgan fingerprint density at radius 3 is 2.54 bits per heavy atom. The second kappa shape index (κ2) is 7.06. The lowest BCUT2D eigenvalue weighted by atomic mass is 10.2. The third kappa shape index (κ3) is 3.85. The van der Waals surface area contributed by atoms with Gasteiger partial charge < -0.3 is 16.2 Å². The number of nitrogens with one attached hydrogen (secondary N) is 1. The number of carbonyl (C=O) groups excluding carboxylic acids is 1. The smallest absolute Gasteiger partial charge is 0.274 e. The largest absolute Gasteiger partial charge is 0.508 e. The zero-order valence-corrected chi connectivity index (χ0v) is 13.5. The van der Waals surface area contributed by atoms with Crippen LogP contribution >= 0.6 is 11.8 Å². The average Bonchev–Trinajstić information content (AvgIpc) is 2.60. The van der Waals surface area contributed by atoms with Crippen LogP contribution in [0.15, 0.2) is 76.7 Å². The first-order chi connectivity index (χ1) is 11.6. The molecule has 24 heavy (non-hydrogen) atoms. The van der Waals surface area contributed by atoms with Gasteiger partial charge >= 0.3 is 0 Å². The Bertz CT molecular complexity index is 852. The Morgan fingerprint density at radius 1 is 1.08 bits per heavy atom. The fourth-order valence-electron chi connectivity index (χ4n) is 2.05. The molecule has 0 saturated carbocycles. The van der Waals surface area contributed by atoms with Crippen molar-refractivity contribution >= 4 is 29.0 Å². The molecule has 0 saturated heterocycles. The monoisotopic (exact) mass is 337 g/mol. The van der Waals surface area contributed by atoms with Crippen LogP contribution in [0.2, 0.25) is 0 Å². The number of nitrogens with two attached hydrogens (primary N) is 1. The molecule has 3 rings (SSSR count). The summed E-state index contributed by atoms with van der Waals surface area (Å²) in [7, 11) is 0. The average molecular weight is 337 g/mol. The predicted octanol–water partition coefficient (Wildman–Crippen LogP) is 3.77. The minimum atomic E-state index is -0.283. The maximum atomic E-state index is 12.1. The molecular formula is C18H15N3O2S. The van der Waals surface area contributed by atoms with E-state index >= 15 is 0 Å². The third-order valence-electron chi connectivity index (χ3n) is 3.23. The Hall–Kier alpha value is -2.99. The first-order valence-corrected chi connectivity index (χ1v) is 8.02. The second-order valence-electron chi connectivity index (χ2n) is 5.02. The number of aromatic nitrogens is 1. The van der Waals surface area contributed by atoms with E-state index in [1.807, 2.05) is 18.2 Å². The van der Waals surface area contributed by atoms with E-state index in [-0.39, 0.29) is 11.7 Å². The number of phenolic OH excluding ortho intramolecular Hbond substituents is 1. The van der Waals surface area contributed by atoms with Crippen LogP contribution in [-0.2, 0) is 0 Å². The van der Waals surface area contributed by atoms with Gasteiger partial charge in [-0.3, -0.25) is 9.78 Å². The molecule has 0 aliphatic carbocycles. The van der Waals surface area contributed by atoms with Crippen LogP contribution < -0.4 is 11.1 Å². The number of phenols is 1. The number of nitrogen functional groups attached to an aromatic ring is 1. The van der Waals surface area contributed by atoms with Crippen molar-refractivity contribution in [3.8, 4) is 5.75 Å². The molecule has 3 aromatic rings. The van der Waals surface area contributed by atoms with E-state index in [0.29, 0.717) is 17.1 Å². The van der Waals surface area contributed by atoms with Crippen LogP contribution in [0.4, 0.5) is 11.4 Å². The molecule has 1 heterocycles. The molecule has 0 bridgehead atoms. The highest BCUT2D eigenvalue weighted by Crippen LogP contribution is 2.34. The number of hydrogen-bond donors (Lipinski definition) is 3. The summed E-state index contributed by atoms with van der Waals surface area (Å²) in [6.45, 7) is 0. The van der Waals surface area contributed by atoms with E-state index in [1.165, 1.54) is 11.8 Å². The molecule has 0 radical (unpaired) electrons. The maximum Gasteiger partial charge on any atom is 0.274 e. The fraction of sp³-hybridized carbons (Fsp3) is 0. The summed E-state index contributed by atoms with van der Waals surface area (Å²) in [5.41, 5.74) is 7.59. The summed E-state index contributed by atoms with van der Waals surface area (Å²) in [4.78, 5) is 17.9. The molecular weight excluding hydrogens is 322 g/mol. The summed E-state index contributed by atoms with van der Waals surface area (Å²) in [6, 6.07) is 17.4. The third-order valence-corrected chi connectivity index (χ3v) is 4.33. The van der Waals surface area contributed by atoms with Gasteiger partial charge in [0.05, 0.1) is 0 Å². The van der Waals surface area contributed by atoms with Gasteiger partial charge in [-0.2, -0.15) is 0 Å². The molecule has 6 heteroatoms. The highest BCUT2D eigenvalue weighted by atomic mass is 32.2. The van der Waals surface area contributed by atoms with Crippen molar-refractivity contribution in [2.24, 2.45) is 0 Å². The van der Waals surface area contributed by atoms with E-state index in [0.717, 1.165) is 9.79 Å². The first kappa shape index (κ1) is 15.9. The summed E-state index contributed by atoms with van der Waals surface area (Å²) in [5, 5.41) is 12.1. The van der Waals surface area contributed by atoms with Gasteiger partial charge in [0.25, 0.3) is 5.91 Å². The molecule has 1 amide bonds. The maximum absolute atomic E-state index is 12.1. The Labute approximate surface area is 143 Å². The number of nitrogens with zero attached hydrogens (tertiary/aromatic N) is 1. The number of benzene rings is 2. The van der Waals surface area contributed by atoms with Crippen LogP contribution in [0.3, 0.4) is 0 Å². The van der Waals surface area contributed by atoms with Gasteiger partial charge in [-0.15, -0.1) is 0 Å². The molecule has 0 aliphatic rings. The summed E-state index contributed by atoms with van der Waals surface area (Å²) in [6.07, 6.45) is 1.57. The Kier molecular flexibility index (Phi) is 4.67. The number of carbonyl (C=O) groups is 1. The van der Waals surface area contributed by atoms with Crippen LogP contribution in [0.1, 0.15) is 10.5 Å². The van der Waals surface area contributed by atoms with Gasteiger partial charge in [-0.1, -0.05) is 17.8 Å². The quantitative estimate of drug-likeness (QED) is 0.631. The molecule has 0 aliphatic heterocycles. The molecule has 0 atom stereocenters. The van der Waals surface area contributed by atoms with Crippen LogP contribution in [-0.4, -0.2) is 16.0 Å². The molecule has 1 aromatic heterocycles. The number of rotatable bonds is 4. The highest BCUT2D eigenvalue weighted by molar-refractivity contribution is 7.99. The minimum Gasteiger partial charge on any atom is -0.508 e. The lowest BCUT2D eigenvalue weighted by Crippen LogP contribution is -2.13. The normalized spacial score (nSPS) is 10.3. The van der Waals surface area contributed by atoms with Crippen molar-refractivity contribution in [2.75, 3.05) is 11.1 Å². The van der Waals surface area contributed by atoms with E-state index in [9.17, 15) is 9.90 Å². The van der Waals surface area contributed by atoms with Gasteiger partial charge in [-0.25, -0.2) is 0 Å². The van der Waals surface area contributed by atoms with Gasteiger partial charge in [0, 0.05) is 27.4 Å². The van der Waals surface area contributed by atoms with Gasteiger partial charge in [0.1, 0.15) is 11.4 Å². The highest BCUT2D eigenvalue weighted by Gasteiger charge is 2.09. The molecule has 5 nitrogen and oxygen atoms in total. The molecule has 0 unspecified atom stereocenters. The number of amides is 1. The summed E-state index contributed by atoms with van der Waals surface area (Å²) >= 11 is 1.49. The molecule has 0 fully saturated rings. The first-order valence-electron chi connectivity index (χ1n) is 7.20. The number of aromatic hydroxyl groups is 1. The molecule has 2 aromatic carbocycles. The minimum absolute atomic E-state index is 0.222. The number of anilines is 2. The Morgan fingerprint density at radius 2 is 1.88 bits per heavy atom. The van der Waals surface area contributed by atoms with Crippen molar-refractivity contribution in [1.82, 2.24) is 4.98 Å². The lowest BCUT2D eigenvalue weighted by Gasteiger charge is -2.09. The van der Waals surface area contributed by atoms with Gasteiger partial charge in [-0.05, 0) is 54.6 Å². The zero-order valence-electron chi connectivity index (χ0n) is 12.6. The molecule has 120 valence electrons. The molecule has 0 spiro atoms. The van der Waals surface area contributed by atoms with Crippen molar-refractivity contribution in [3.05, 3.63) is 72.6 Å². The fourth-order valence-corrected chi connectivity index (χ4v) is 2.89. The lowest BCUT2D eigenvalue weighted by molar-refractivity contribution is 0.102. The number of pyridine rings is 1. The van der Waals surface area contributed by atoms with Crippen LogP contribution in [0.25, 0.3) is 0 Å². The standard InChI is InChI=1S/C18H15N3O2S/c19-15-11-12(21-18(23)16-3-1-2-10-20-16)4-9-17(15)24-14-7-5-13(22)6-8-14/h1-11,22H,19H2,(H,21,23). The van der Waals surface area contributed by atoms with E-state index in [1.54, 1.807) is 48.7 Å². The van der Waals surface area contributed by atoms with Crippen molar-refractivity contribution < 1.29 is 9.90 Å². The zero-order chi connectivity index (χ0) is 16.9. The predicted molar refractivity (Wildman–Crippen MR) is 95.3 cm³/mol. The van der Waals surface area contributed by atoms with Gasteiger partial charge in [0.15, 0.2) is 0 Å². The van der Waals surface area contributed by atoms with Gasteiger partial charge in [0.2, 0.25) is 0 Å². The van der Waals surface area contributed by atoms with Crippen molar-refractivity contribution in [1.29, 1.82) is 0 Å².